The van der Waals surface area contributed by atoms with E-state index in [0.717, 1.165) is 61.8 Å². The first-order chi connectivity index (χ1) is 21.2. The number of rotatable bonds is 15. The minimum atomic E-state index is -1.46. The molecule has 2 aromatic rings. The van der Waals surface area contributed by atoms with Crippen LogP contribution in [0, 0.1) is 17.8 Å². The van der Waals surface area contributed by atoms with Crippen LogP contribution in [0.2, 0.25) is 5.02 Å². The van der Waals surface area contributed by atoms with Crippen LogP contribution < -0.4 is 19.7 Å². The Morgan fingerprint density at radius 3 is 2.70 bits per heavy atom. The van der Waals surface area contributed by atoms with Crippen molar-refractivity contribution in [2.45, 2.75) is 71.0 Å². The lowest BCUT2D eigenvalue weighted by Gasteiger charge is -2.44. The second kappa shape index (κ2) is 16.8. The summed E-state index contributed by atoms with van der Waals surface area (Å²) in [4.78, 5) is 15.5. The molecule has 4 rings (SSSR count). The molecular weight excluding hydrogens is 594 g/mol. The third kappa shape index (κ3) is 8.87. The number of anilines is 1. The standard InChI is InChI=1S/C35H50ClN3O4S/c1-5-7-9-27(20-37-16-17-40)32-13-10-28(32)21-39-22-29(31-14-12-30(36)18-25(31)8-6-2)23-43-34-15-11-26(19-33(34)39)35(41)38-44(42)24(3)4/h7,9,11-12,14-15,18-19,24,27-29,32,37,40H,5-6,8,10,13,16-17,20-23H2,1-4H3,(H,38,41)/b9-7+. The highest BCUT2D eigenvalue weighted by Gasteiger charge is 2.38. The van der Waals surface area contributed by atoms with Crippen LogP contribution in [0.4, 0.5) is 5.69 Å². The first-order valence-corrected chi connectivity index (χ1v) is 17.8. The summed E-state index contributed by atoms with van der Waals surface area (Å²) < 4.78 is 21.5. The van der Waals surface area contributed by atoms with Gasteiger partial charge in [-0.15, -0.1) is 0 Å². The highest BCUT2D eigenvalue weighted by molar-refractivity contribution is 7.84. The number of aliphatic hydroxyl groups excluding tert-OH is 1. The maximum absolute atomic E-state index is 13.1. The molecule has 1 aliphatic carbocycles. The molecule has 2 aromatic carbocycles. The lowest BCUT2D eigenvalue weighted by atomic mass is 9.66. The third-order valence-corrected chi connectivity index (χ3v) is 10.4. The zero-order valence-corrected chi connectivity index (χ0v) is 28.3. The molecule has 1 saturated carbocycles. The number of ether oxygens (including phenoxy) is 1. The summed E-state index contributed by atoms with van der Waals surface area (Å²) >= 11 is 6.42. The molecule has 7 nitrogen and oxygen atoms in total. The van der Waals surface area contributed by atoms with Gasteiger partial charge in [-0.1, -0.05) is 50.1 Å². The van der Waals surface area contributed by atoms with E-state index in [-0.39, 0.29) is 23.7 Å². The minimum absolute atomic E-state index is 0.132. The molecular formula is C35H50ClN3O4S. The maximum atomic E-state index is 13.1. The number of halogens is 1. The number of carbonyl (C=O) groups is 1. The van der Waals surface area contributed by atoms with Gasteiger partial charge in [0.05, 0.1) is 18.9 Å². The summed E-state index contributed by atoms with van der Waals surface area (Å²) in [6.07, 6.45) is 9.91. The van der Waals surface area contributed by atoms with E-state index in [1.165, 1.54) is 17.5 Å². The van der Waals surface area contributed by atoms with E-state index < -0.39 is 11.0 Å². The van der Waals surface area contributed by atoms with Gasteiger partial charge in [-0.05, 0) is 98.7 Å². The Hall–Kier alpha value is -2.39. The van der Waals surface area contributed by atoms with Gasteiger partial charge in [0.15, 0.2) is 0 Å². The molecule has 0 radical (unpaired) electrons. The topological polar surface area (TPSA) is 90.9 Å². The Labute approximate surface area is 271 Å². The zero-order chi connectivity index (χ0) is 31.6. The quantitative estimate of drug-likeness (QED) is 0.157. The zero-order valence-electron chi connectivity index (χ0n) is 26.7. The average molecular weight is 644 g/mol. The number of aliphatic hydroxyl groups is 1. The first-order valence-electron chi connectivity index (χ1n) is 16.3. The molecule has 242 valence electrons. The lowest BCUT2D eigenvalue weighted by Crippen LogP contribution is -2.44. The molecule has 1 aliphatic heterocycles. The Morgan fingerprint density at radius 1 is 1.20 bits per heavy atom. The number of aryl methyl sites for hydroxylation is 1. The fourth-order valence-electron chi connectivity index (χ4n) is 6.41. The van der Waals surface area contributed by atoms with E-state index in [1.54, 1.807) is 6.07 Å². The number of fused-ring (bicyclic) bond motifs is 1. The van der Waals surface area contributed by atoms with Gasteiger partial charge in [-0.2, -0.15) is 0 Å². The summed E-state index contributed by atoms with van der Waals surface area (Å²) in [5.74, 6) is 1.96. The van der Waals surface area contributed by atoms with E-state index in [4.69, 9.17) is 16.3 Å². The Morgan fingerprint density at radius 2 is 2.02 bits per heavy atom. The summed E-state index contributed by atoms with van der Waals surface area (Å²) in [6.45, 7) is 11.7. The van der Waals surface area contributed by atoms with Crippen LogP contribution in [-0.2, 0) is 17.4 Å². The summed E-state index contributed by atoms with van der Waals surface area (Å²) in [6, 6.07) is 11.8. The van der Waals surface area contributed by atoms with Crippen LogP contribution in [0.5, 0.6) is 5.75 Å². The van der Waals surface area contributed by atoms with E-state index in [9.17, 15) is 14.1 Å². The molecule has 1 amide bonds. The Bertz CT molecular complexity index is 1300. The van der Waals surface area contributed by atoms with Gasteiger partial charge in [-0.25, -0.2) is 4.21 Å². The molecule has 5 atom stereocenters. The van der Waals surface area contributed by atoms with Crippen LogP contribution >= 0.6 is 11.6 Å². The fourth-order valence-corrected chi connectivity index (χ4v) is 7.14. The largest absolute Gasteiger partial charge is 0.491 e. The van der Waals surface area contributed by atoms with E-state index >= 15 is 0 Å². The normalized spacial score (nSPS) is 21.3. The van der Waals surface area contributed by atoms with E-state index in [2.05, 4.69) is 53.1 Å². The fraction of sp³-hybridized carbons (Fsp3) is 0.571. The van der Waals surface area contributed by atoms with Gasteiger partial charge in [0.2, 0.25) is 0 Å². The number of nitrogens with one attached hydrogen (secondary N) is 2. The van der Waals surface area contributed by atoms with Crippen LogP contribution in [0.25, 0.3) is 0 Å². The molecule has 9 heteroatoms. The number of nitrogens with zero attached hydrogens (tertiary/aromatic N) is 1. The molecule has 0 spiro atoms. The van der Waals surface area contributed by atoms with Gasteiger partial charge in [0.1, 0.15) is 16.7 Å². The van der Waals surface area contributed by atoms with Crippen molar-refractivity contribution in [3.05, 3.63) is 70.3 Å². The summed E-state index contributed by atoms with van der Waals surface area (Å²) in [7, 11) is -1.46. The third-order valence-electron chi connectivity index (χ3n) is 8.90. The number of hydrogen-bond donors (Lipinski definition) is 3. The molecule has 1 fully saturated rings. The van der Waals surface area contributed by atoms with E-state index in [1.807, 2.05) is 32.0 Å². The molecule has 0 saturated heterocycles. The molecule has 3 N–H and O–H groups in total. The van der Waals surface area contributed by atoms with Gasteiger partial charge in [-0.3, -0.25) is 9.52 Å². The average Bonchev–Trinajstić information content (AvgIpc) is 3.17. The highest BCUT2D eigenvalue weighted by atomic mass is 35.5. The SMILES string of the molecule is CC/C=C/C(CNCCO)C1CCC1CN1CC(c2ccc(Cl)cc2CCC)COc2ccc(C(=O)NS(=O)C(C)C)cc21. The molecule has 1 heterocycles. The number of carbonyl (C=O) groups excluding carboxylic acids is 1. The highest BCUT2D eigenvalue weighted by Crippen LogP contribution is 2.44. The van der Waals surface area contributed by atoms with Crippen molar-refractivity contribution in [1.29, 1.82) is 0 Å². The van der Waals surface area contributed by atoms with Crippen LogP contribution in [-0.4, -0.2) is 59.9 Å². The molecule has 2 aliphatic rings. The Kier molecular flexibility index (Phi) is 13.2. The maximum Gasteiger partial charge on any atom is 0.263 e. The second-order valence-electron chi connectivity index (χ2n) is 12.4. The smallest absolute Gasteiger partial charge is 0.263 e. The van der Waals surface area contributed by atoms with Crippen LogP contribution in [0.1, 0.15) is 80.8 Å². The second-order valence-corrected chi connectivity index (χ2v) is 14.6. The van der Waals surface area contributed by atoms with Crippen LogP contribution in [0.3, 0.4) is 0 Å². The summed E-state index contributed by atoms with van der Waals surface area (Å²) in [5.41, 5.74) is 3.91. The van der Waals surface area contributed by atoms with Gasteiger partial charge >= 0.3 is 0 Å². The van der Waals surface area contributed by atoms with Crippen molar-refractivity contribution in [2.75, 3.05) is 44.3 Å². The monoisotopic (exact) mass is 643 g/mol. The number of amides is 1. The number of benzene rings is 2. The predicted molar refractivity (Wildman–Crippen MR) is 182 cm³/mol. The first kappa shape index (κ1) is 34.5. The van der Waals surface area contributed by atoms with Crippen molar-refractivity contribution in [1.82, 2.24) is 10.0 Å². The van der Waals surface area contributed by atoms with Gasteiger partial charge in [0.25, 0.3) is 5.91 Å². The molecule has 0 aromatic heterocycles. The summed E-state index contributed by atoms with van der Waals surface area (Å²) in [5, 5.41) is 13.3. The van der Waals surface area contributed by atoms with E-state index in [0.29, 0.717) is 36.5 Å². The van der Waals surface area contributed by atoms with Crippen molar-refractivity contribution in [3.8, 4) is 5.75 Å². The van der Waals surface area contributed by atoms with Gasteiger partial charge in [0, 0.05) is 47.9 Å². The number of allylic oxidation sites excluding steroid dienone is 1. The molecule has 44 heavy (non-hydrogen) atoms. The van der Waals surface area contributed by atoms with Gasteiger partial charge < -0.3 is 20.1 Å². The van der Waals surface area contributed by atoms with Crippen molar-refractivity contribution < 1.29 is 18.8 Å². The van der Waals surface area contributed by atoms with Crippen molar-refractivity contribution >= 4 is 34.2 Å². The Balaban J connectivity index is 1.66. The van der Waals surface area contributed by atoms with Crippen molar-refractivity contribution in [3.63, 3.8) is 0 Å². The minimum Gasteiger partial charge on any atom is -0.491 e. The van der Waals surface area contributed by atoms with Crippen molar-refractivity contribution in [2.24, 2.45) is 17.8 Å². The number of hydrogen-bond acceptors (Lipinski definition) is 6. The lowest BCUT2D eigenvalue weighted by molar-refractivity contribution is 0.0982. The molecule has 0 bridgehead atoms. The predicted octanol–water partition coefficient (Wildman–Crippen LogP) is 6.27. The molecule has 5 unspecified atom stereocenters. The van der Waals surface area contributed by atoms with Crippen LogP contribution in [0.15, 0.2) is 48.6 Å².